The molecule has 0 saturated carbocycles. The SMILES string of the molecule is CCCCC(CC)CC(O)c1ccc2c(c1)OCCO2. The molecule has 0 fully saturated rings. The second-order valence-corrected chi connectivity index (χ2v) is 5.57. The fourth-order valence-electron chi connectivity index (χ4n) is 2.70. The Kier molecular flexibility index (Phi) is 5.72. The first-order chi connectivity index (χ1) is 9.74. The standard InChI is InChI=1S/C17H26O3/c1-3-5-6-13(4-2)11-15(18)14-7-8-16-17(12-14)20-10-9-19-16/h7-8,12-13,15,18H,3-6,9-11H2,1-2H3. The average molecular weight is 278 g/mol. The molecule has 1 aromatic rings. The smallest absolute Gasteiger partial charge is 0.161 e. The fraction of sp³-hybridized carbons (Fsp3) is 0.647. The molecule has 2 unspecified atom stereocenters. The Balaban J connectivity index is 1.99. The molecule has 0 bridgehead atoms. The Hall–Kier alpha value is -1.22. The minimum absolute atomic E-state index is 0.410. The summed E-state index contributed by atoms with van der Waals surface area (Å²) in [7, 11) is 0. The van der Waals surface area contributed by atoms with Gasteiger partial charge in [0.1, 0.15) is 13.2 Å². The summed E-state index contributed by atoms with van der Waals surface area (Å²) in [5.41, 5.74) is 0.934. The molecule has 1 aliphatic heterocycles. The van der Waals surface area contributed by atoms with E-state index < -0.39 is 6.10 Å². The van der Waals surface area contributed by atoms with E-state index in [4.69, 9.17) is 9.47 Å². The molecule has 112 valence electrons. The number of hydrogen-bond acceptors (Lipinski definition) is 3. The van der Waals surface area contributed by atoms with E-state index in [0.717, 1.165) is 29.9 Å². The molecule has 1 aromatic carbocycles. The highest BCUT2D eigenvalue weighted by Gasteiger charge is 2.18. The van der Waals surface area contributed by atoms with Gasteiger partial charge in [-0.25, -0.2) is 0 Å². The lowest BCUT2D eigenvalue weighted by atomic mass is 9.90. The van der Waals surface area contributed by atoms with E-state index in [2.05, 4.69) is 13.8 Å². The Morgan fingerprint density at radius 2 is 1.90 bits per heavy atom. The second kappa shape index (κ2) is 7.53. The lowest BCUT2D eigenvalue weighted by Crippen LogP contribution is -2.16. The van der Waals surface area contributed by atoms with Crippen LogP contribution in [0.25, 0.3) is 0 Å². The van der Waals surface area contributed by atoms with Crippen molar-refractivity contribution in [1.82, 2.24) is 0 Å². The van der Waals surface area contributed by atoms with Crippen LogP contribution >= 0.6 is 0 Å². The molecule has 0 aromatic heterocycles. The minimum atomic E-state index is -0.410. The highest BCUT2D eigenvalue weighted by atomic mass is 16.6. The van der Waals surface area contributed by atoms with Gasteiger partial charge in [0.2, 0.25) is 0 Å². The molecule has 0 spiro atoms. The van der Waals surface area contributed by atoms with Gasteiger partial charge >= 0.3 is 0 Å². The molecule has 2 atom stereocenters. The largest absolute Gasteiger partial charge is 0.486 e. The van der Waals surface area contributed by atoms with Crippen molar-refractivity contribution in [3.63, 3.8) is 0 Å². The lowest BCUT2D eigenvalue weighted by Gasteiger charge is -2.22. The molecular weight excluding hydrogens is 252 g/mol. The third-order valence-corrected chi connectivity index (χ3v) is 4.05. The summed E-state index contributed by atoms with van der Waals surface area (Å²) in [6.45, 7) is 5.60. The van der Waals surface area contributed by atoms with E-state index in [-0.39, 0.29) is 0 Å². The molecule has 20 heavy (non-hydrogen) atoms. The highest BCUT2D eigenvalue weighted by molar-refractivity contribution is 5.44. The first kappa shape index (κ1) is 15.2. The van der Waals surface area contributed by atoms with Crippen LogP contribution in [0.5, 0.6) is 11.5 Å². The molecule has 3 heteroatoms. The van der Waals surface area contributed by atoms with Gasteiger partial charge in [0.05, 0.1) is 6.10 Å². The Morgan fingerprint density at radius 3 is 2.60 bits per heavy atom. The molecule has 0 saturated heterocycles. The predicted molar refractivity (Wildman–Crippen MR) is 80.3 cm³/mol. The molecule has 0 aliphatic carbocycles. The molecule has 1 heterocycles. The number of aliphatic hydroxyl groups is 1. The van der Waals surface area contributed by atoms with Crippen molar-refractivity contribution in [2.45, 2.75) is 52.1 Å². The number of aliphatic hydroxyl groups excluding tert-OH is 1. The van der Waals surface area contributed by atoms with E-state index in [1.165, 1.54) is 19.3 Å². The second-order valence-electron chi connectivity index (χ2n) is 5.57. The van der Waals surface area contributed by atoms with E-state index >= 15 is 0 Å². The van der Waals surface area contributed by atoms with Crippen molar-refractivity contribution in [3.05, 3.63) is 23.8 Å². The summed E-state index contributed by atoms with van der Waals surface area (Å²) in [4.78, 5) is 0. The average Bonchev–Trinajstić information content (AvgIpc) is 2.50. The Bertz CT molecular complexity index is 417. The van der Waals surface area contributed by atoms with Crippen LogP contribution in [0.3, 0.4) is 0 Å². The maximum absolute atomic E-state index is 10.4. The van der Waals surface area contributed by atoms with Gasteiger partial charge in [-0.1, -0.05) is 45.6 Å². The first-order valence-corrected chi connectivity index (χ1v) is 7.82. The monoisotopic (exact) mass is 278 g/mol. The summed E-state index contributed by atoms with van der Waals surface area (Å²) < 4.78 is 11.1. The minimum Gasteiger partial charge on any atom is -0.486 e. The van der Waals surface area contributed by atoms with Gasteiger partial charge in [-0.05, 0) is 30.0 Å². The number of ether oxygens (including phenoxy) is 2. The van der Waals surface area contributed by atoms with Gasteiger partial charge in [0.25, 0.3) is 0 Å². The van der Waals surface area contributed by atoms with Crippen molar-refractivity contribution in [2.24, 2.45) is 5.92 Å². The van der Waals surface area contributed by atoms with Crippen LogP contribution in [0.1, 0.15) is 57.6 Å². The van der Waals surface area contributed by atoms with Gasteiger partial charge in [0, 0.05) is 0 Å². The summed E-state index contributed by atoms with van der Waals surface area (Å²) in [6, 6.07) is 5.77. The third-order valence-electron chi connectivity index (χ3n) is 4.05. The van der Waals surface area contributed by atoms with Crippen molar-refractivity contribution in [2.75, 3.05) is 13.2 Å². The molecule has 2 rings (SSSR count). The Labute approximate surface area is 121 Å². The van der Waals surface area contributed by atoms with Gasteiger partial charge in [-0.15, -0.1) is 0 Å². The van der Waals surface area contributed by atoms with Crippen molar-refractivity contribution in [1.29, 1.82) is 0 Å². The zero-order valence-corrected chi connectivity index (χ0v) is 12.6. The zero-order chi connectivity index (χ0) is 14.4. The predicted octanol–water partition coefficient (Wildman–Crippen LogP) is 4.10. The quantitative estimate of drug-likeness (QED) is 0.816. The van der Waals surface area contributed by atoms with Crippen LogP contribution in [0.2, 0.25) is 0 Å². The van der Waals surface area contributed by atoms with Gasteiger partial charge in [-0.2, -0.15) is 0 Å². The van der Waals surface area contributed by atoms with Crippen LogP contribution in [-0.4, -0.2) is 18.3 Å². The van der Waals surface area contributed by atoms with Crippen molar-refractivity contribution < 1.29 is 14.6 Å². The van der Waals surface area contributed by atoms with Crippen LogP contribution in [0, 0.1) is 5.92 Å². The molecule has 3 nitrogen and oxygen atoms in total. The van der Waals surface area contributed by atoms with Crippen LogP contribution in [0.4, 0.5) is 0 Å². The molecule has 1 N–H and O–H groups in total. The normalized spacial score (nSPS) is 16.8. The molecule has 0 amide bonds. The van der Waals surface area contributed by atoms with E-state index in [1.807, 2.05) is 18.2 Å². The summed E-state index contributed by atoms with van der Waals surface area (Å²) in [5.74, 6) is 2.14. The number of rotatable bonds is 7. The summed E-state index contributed by atoms with van der Waals surface area (Å²) in [5, 5.41) is 10.4. The van der Waals surface area contributed by atoms with E-state index in [9.17, 15) is 5.11 Å². The third kappa shape index (κ3) is 3.89. The lowest BCUT2D eigenvalue weighted by molar-refractivity contribution is 0.136. The summed E-state index contributed by atoms with van der Waals surface area (Å²) in [6.07, 6.45) is 5.21. The van der Waals surface area contributed by atoms with Gasteiger partial charge in [-0.3, -0.25) is 0 Å². The van der Waals surface area contributed by atoms with Crippen molar-refractivity contribution >= 4 is 0 Å². The van der Waals surface area contributed by atoms with Crippen LogP contribution < -0.4 is 9.47 Å². The highest BCUT2D eigenvalue weighted by Crippen LogP contribution is 2.34. The zero-order valence-electron chi connectivity index (χ0n) is 12.6. The summed E-state index contributed by atoms with van der Waals surface area (Å²) >= 11 is 0. The van der Waals surface area contributed by atoms with Crippen molar-refractivity contribution in [3.8, 4) is 11.5 Å². The van der Waals surface area contributed by atoms with Gasteiger partial charge < -0.3 is 14.6 Å². The maximum Gasteiger partial charge on any atom is 0.161 e. The fourth-order valence-corrected chi connectivity index (χ4v) is 2.70. The number of unbranched alkanes of at least 4 members (excludes halogenated alkanes) is 1. The van der Waals surface area contributed by atoms with Crippen LogP contribution in [-0.2, 0) is 0 Å². The first-order valence-electron chi connectivity index (χ1n) is 7.82. The Morgan fingerprint density at radius 1 is 1.15 bits per heavy atom. The number of benzene rings is 1. The number of fused-ring (bicyclic) bond motifs is 1. The van der Waals surface area contributed by atoms with Gasteiger partial charge in [0.15, 0.2) is 11.5 Å². The molecular formula is C17H26O3. The van der Waals surface area contributed by atoms with E-state index in [1.54, 1.807) is 0 Å². The molecule has 0 radical (unpaired) electrons. The van der Waals surface area contributed by atoms with E-state index in [0.29, 0.717) is 19.1 Å². The van der Waals surface area contributed by atoms with Crippen LogP contribution in [0.15, 0.2) is 18.2 Å². The maximum atomic E-state index is 10.4. The topological polar surface area (TPSA) is 38.7 Å². The number of hydrogen-bond donors (Lipinski definition) is 1. The molecule has 1 aliphatic rings.